The Bertz CT molecular complexity index is 640. The third kappa shape index (κ3) is 4.31. The third-order valence-electron chi connectivity index (χ3n) is 3.58. The SMILES string of the molecule is CCN(CC)c1ccc(C=CC(=O)c2ccc(Br)cc2)cc1. The number of carbonyl (C=O) groups is 1. The van der Waals surface area contributed by atoms with Crippen molar-refractivity contribution in [1.82, 2.24) is 0 Å². The van der Waals surface area contributed by atoms with Crippen LogP contribution in [0.15, 0.2) is 59.1 Å². The highest BCUT2D eigenvalue weighted by Crippen LogP contribution is 2.16. The van der Waals surface area contributed by atoms with Crippen LogP contribution in [0.3, 0.4) is 0 Å². The topological polar surface area (TPSA) is 20.3 Å². The average molecular weight is 358 g/mol. The molecule has 0 aliphatic rings. The molecule has 0 N–H and O–H groups in total. The minimum absolute atomic E-state index is 0.0142. The van der Waals surface area contributed by atoms with Crippen molar-refractivity contribution >= 4 is 33.5 Å². The van der Waals surface area contributed by atoms with E-state index in [0.717, 1.165) is 23.1 Å². The summed E-state index contributed by atoms with van der Waals surface area (Å²) in [4.78, 5) is 14.4. The zero-order valence-electron chi connectivity index (χ0n) is 12.9. The minimum Gasteiger partial charge on any atom is -0.372 e. The van der Waals surface area contributed by atoms with Crippen LogP contribution in [0.5, 0.6) is 0 Å². The fourth-order valence-electron chi connectivity index (χ4n) is 2.27. The van der Waals surface area contributed by atoms with Crippen molar-refractivity contribution in [2.75, 3.05) is 18.0 Å². The number of hydrogen-bond acceptors (Lipinski definition) is 2. The van der Waals surface area contributed by atoms with Crippen LogP contribution in [0.4, 0.5) is 5.69 Å². The molecule has 0 atom stereocenters. The average Bonchev–Trinajstić information content (AvgIpc) is 2.55. The molecule has 2 aromatic carbocycles. The molecule has 114 valence electrons. The van der Waals surface area contributed by atoms with E-state index in [0.29, 0.717) is 5.56 Å². The lowest BCUT2D eigenvalue weighted by Crippen LogP contribution is -2.21. The number of anilines is 1. The summed E-state index contributed by atoms with van der Waals surface area (Å²) in [6, 6.07) is 15.7. The standard InChI is InChI=1S/C19H20BrNO/c1-3-21(4-2)18-12-5-15(6-13-18)7-14-19(22)16-8-10-17(20)11-9-16/h5-14H,3-4H2,1-2H3. The van der Waals surface area contributed by atoms with E-state index in [4.69, 9.17) is 0 Å². The van der Waals surface area contributed by atoms with Crippen molar-refractivity contribution in [3.05, 3.63) is 70.2 Å². The predicted molar refractivity (Wildman–Crippen MR) is 97.5 cm³/mol. The Hall–Kier alpha value is -1.87. The molecular formula is C19H20BrNO. The van der Waals surface area contributed by atoms with Crippen LogP contribution in [-0.4, -0.2) is 18.9 Å². The van der Waals surface area contributed by atoms with E-state index in [-0.39, 0.29) is 5.78 Å². The summed E-state index contributed by atoms with van der Waals surface area (Å²) in [7, 11) is 0. The molecule has 0 saturated carbocycles. The van der Waals surface area contributed by atoms with E-state index in [2.05, 4.69) is 46.8 Å². The van der Waals surface area contributed by atoms with Crippen molar-refractivity contribution < 1.29 is 4.79 Å². The second-order valence-corrected chi connectivity index (χ2v) is 5.88. The molecule has 0 amide bonds. The van der Waals surface area contributed by atoms with Crippen molar-refractivity contribution in [3.63, 3.8) is 0 Å². The lowest BCUT2D eigenvalue weighted by molar-refractivity contribution is 0.104. The Morgan fingerprint density at radius 3 is 2.14 bits per heavy atom. The number of halogens is 1. The molecule has 0 spiro atoms. The maximum atomic E-state index is 12.1. The van der Waals surface area contributed by atoms with E-state index in [1.54, 1.807) is 6.08 Å². The van der Waals surface area contributed by atoms with Crippen molar-refractivity contribution in [2.24, 2.45) is 0 Å². The number of rotatable bonds is 6. The van der Waals surface area contributed by atoms with Gasteiger partial charge in [-0.3, -0.25) is 4.79 Å². The number of hydrogen-bond donors (Lipinski definition) is 0. The number of benzene rings is 2. The zero-order chi connectivity index (χ0) is 15.9. The van der Waals surface area contributed by atoms with Gasteiger partial charge in [-0.15, -0.1) is 0 Å². The van der Waals surface area contributed by atoms with Gasteiger partial charge in [-0.25, -0.2) is 0 Å². The van der Waals surface area contributed by atoms with Crippen molar-refractivity contribution in [3.8, 4) is 0 Å². The summed E-state index contributed by atoms with van der Waals surface area (Å²) < 4.78 is 0.972. The van der Waals surface area contributed by atoms with Gasteiger partial charge in [0.2, 0.25) is 0 Å². The first-order chi connectivity index (χ1) is 10.6. The van der Waals surface area contributed by atoms with Gasteiger partial charge in [-0.05, 0) is 61.9 Å². The van der Waals surface area contributed by atoms with Crippen molar-refractivity contribution in [1.29, 1.82) is 0 Å². The highest BCUT2D eigenvalue weighted by molar-refractivity contribution is 9.10. The molecule has 0 fully saturated rings. The van der Waals surface area contributed by atoms with Gasteiger partial charge in [0.1, 0.15) is 0 Å². The normalized spacial score (nSPS) is 10.9. The molecule has 2 rings (SSSR count). The highest BCUT2D eigenvalue weighted by Gasteiger charge is 2.02. The van der Waals surface area contributed by atoms with Crippen LogP contribution in [0.2, 0.25) is 0 Å². The summed E-state index contributed by atoms with van der Waals surface area (Å²) in [5, 5.41) is 0. The third-order valence-corrected chi connectivity index (χ3v) is 4.11. The maximum Gasteiger partial charge on any atom is 0.185 e. The van der Waals surface area contributed by atoms with Gasteiger partial charge in [-0.1, -0.05) is 34.1 Å². The zero-order valence-corrected chi connectivity index (χ0v) is 14.5. The van der Waals surface area contributed by atoms with Crippen LogP contribution in [0.25, 0.3) is 6.08 Å². The summed E-state index contributed by atoms with van der Waals surface area (Å²) >= 11 is 3.37. The molecular weight excluding hydrogens is 338 g/mol. The second-order valence-electron chi connectivity index (χ2n) is 4.97. The Balaban J connectivity index is 2.06. The largest absolute Gasteiger partial charge is 0.372 e. The number of carbonyl (C=O) groups excluding carboxylic acids is 1. The highest BCUT2D eigenvalue weighted by atomic mass is 79.9. The van der Waals surface area contributed by atoms with Crippen LogP contribution in [-0.2, 0) is 0 Å². The first-order valence-corrected chi connectivity index (χ1v) is 8.26. The quantitative estimate of drug-likeness (QED) is 0.523. The fraction of sp³-hybridized carbons (Fsp3) is 0.211. The summed E-state index contributed by atoms with van der Waals surface area (Å²) in [6.07, 6.45) is 3.48. The van der Waals surface area contributed by atoms with E-state index in [9.17, 15) is 4.79 Å². The molecule has 0 radical (unpaired) electrons. The van der Waals surface area contributed by atoms with Crippen LogP contribution in [0, 0.1) is 0 Å². The molecule has 0 heterocycles. The van der Waals surface area contributed by atoms with Gasteiger partial charge in [0.05, 0.1) is 0 Å². The van der Waals surface area contributed by atoms with Crippen LogP contribution in [0.1, 0.15) is 29.8 Å². The van der Waals surface area contributed by atoms with Gasteiger partial charge in [0, 0.05) is 28.8 Å². The molecule has 2 nitrogen and oxygen atoms in total. The maximum absolute atomic E-state index is 12.1. The molecule has 0 aliphatic heterocycles. The van der Waals surface area contributed by atoms with E-state index in [1.807, 2.05) is 42.5 Å². The van der Waals surface area contributed by atoms with E-state index in [1.165, 1.54) is 5.69 Å². The lowest BCUT2D eigenvalue weighted by Gasteiger charge is -2.20. The molecule has 0 aromatic heterocycles. The molecule has 3 heteroatoms. The lowest BCUT2D eigenvalue weighted by atomic mass is 10.1. The Morgan fingerprint density at radius 1 is 1.00 bits per heavy atom. The molecule has 0 saturated heterocycles. The Kier molecular flexibility index (Phi) is 5.96. The Morgan fingerprint density at radius 2 is 1.59 bits per heavy atom. The first-order valence-electron chi connectivity index (χ1n) is 7.47. The van der Waals surface area contributed by atoms with Crippen LogP contribution < -0.4 is 4.90 Å². The fourth-order valence-corrected chi connectivity index (χ4v) is 2.53. The molecule has 2 aromatic rings. The summed E-state index contributed by atoms with van der Waals surface area (Å²) in [5.41, 5.74) is 2.93. The monoisotopic (exact) mass is 357 g/mol. The summed E-state index contributed by atoms with van der Waals surface area (Å²) in [5.74, 6) is 0.0142. The second kappa shape index (κ2) is 7.95. The van der Waals surface area contributed by atoms with E-state index < -0.39 is 0 Å². The number of allylic oxidation sites excluding steroid dienone is 1. The van der Waals surface area contributed by atoms with Crippen molar-refractivity contribution in [2.45, 2.75) is 13.8 Å². The van der Waals surface area contributed by atoms with Crippen LogP contribution >= 0.6 is 15.9 Å². The molecule has 0 unspecified atom stereocenters. The minimum atomic E-state index is 0.0142. The van der Waals surface area contributed by atoms with Gasteiger partial charge in [-0.2, -0.15) is 0 Å². The summed E-state index contributed by atoms with van der Waals surface area (Å²) in [6.45, 7) is 6.28. The predicted octanol–water partition coefficient (Wildman–Crippen LogP) is 5.19. The smallest absolute Gasteiger partial charge is 0.185 e. The molecule has 0 bridgehead atoms. The number of nitrogens with zero attached hydrogens (tertiary/aromatic N) is 1. The van der Waals surface area contributed by atoms with Gasteiger partial charge < -0.3 is 4.90 Å². The van der Waals surface area contributed by atoms with Gasteiger partial charge in [0.15, 0.2) is 5.78 Å². The Labute approximate surface area is 140 Å². The van der Waals surface area contributed by atoms with Gasteiger partial charge in [0.25, 0.3) is 0 Å². The first kappa shape index (κ1) is 16.5. The number of ketones is 1. The van der Waals surface area contributed by atoms with E-state index >= 15 is 0 Å². The molecule has 0 aliphatic carbocycles. The molecule has 22 heavy (non-hydrogen) atoms. The van der Waals surface area contributed by atoms with Gasteiger partial charge >= 0.3 is 0 Å².